The summed E-state index contributed by atoms with van der Waals surface area (Å²) < 4.78 is 11.1. The number of alkyl carbamates (subject to hydrolysis) is 1. The molecule has 0 unspecified atom stereocenters. The number of nitrogens with one attached hydrogen (secondary N) is 1. The van der Waals surface area contributed by atoms with E-state index in [0.717, 1.165) is 37.9 Å². The Kier molecular flexibility index (Phi) is 6.39. The second-order valence-electron chi connectivity index (χ2n) is 7.24. The first-order chi connectivity index (χ1) is 10.9. The highest BCUT2D eigenvalue weighted by molar-refractivity contribution is 5.68. The van der Waals surface area contributed by atoms with Crippen molar-refractivity contribution in [3.05, 3.63) is 30.1 Å². The molecule has 1 aromatic heterocycles. The maximum Gasteiger partial charge on any atom is 0.407 e. The van der Waals surface area contributed by atoms with Gasteiger partial charge in [0.2, 0.25) is 0 Å². The molecule has 1 aromatic rings. The van der Waals surface area contributed by atoms with Gasteiger partial charge < -0.3 is 14.8 Å². The average molecular weight is 320 g/mol. The molecule has 5 heteroatoms. The number of carbonyl (C=O) groups is 1. The van der Waals surface area contributed by atoms with Gasteiger partial charge in [-0.25, -0.2) is 4.79 Å². The first-order valence-electron chi connectivity index (χ1n) is 8.38. The van der Waals surface area contributed by atoms with E-state index in [1.54, 1.807) is 6.20 Å². The molecule has 1 amide bonds. The van der Waals surface area contributed by atoms with Crippen molar-refractivity contribution in [3.8, 4) is 0 Å². The van der Waals surface area contributed by atoms with Gasteiger partial charge >= 0.3 is 6.09 Å². The number of carbonyl (C=O) groups excluding carboxylic acids is 1. The molecule has 0 radical (unpaired) electrons. The predicted octanol–water partition coefficient (Wildman–Crippen LogP) is 3.68. The van der Waals surface area contributed by atoms with E-state index in [-0.39, 0.29) is 12.1 Å². The van der Waals surface area contributed by atoms with Crippen LogP contribution in [0.2, 0.25) is 0 Å². The van der Waals surface area contributed by atoms with Gasteiger partial charge in [-0.15, -0.1) is 0 Å². The number of pyridine rings is 1. The Labute approximate surface area is 138 Å². The van der Waals surface area contributed by atoms with Gasteiger partial charge in [0.15, 0.2) is 0 Å². The van der Waals surface area contributed by atoms with Gasteiger partial charge in [-0.05, 0) is 64.0 Å². The van der Waals surface area contributed by atoms with Crippen LogP contribution in [0.5, 0.6) is 0 Å². The van der Waals surface area contributed by atoms with Gasteiger partial charge in [0.05, 0.1) is 6.61 Å². The minimum atomic E-state index is -0.443. The fourth-order valence-corrected chi connectivity index (χ4v) is 2.77. The van der Waals surface area contributed by atoms with Gasteiger partial charge in [-0.3, -0.25) is 4.98 Å². The number of amides is 1. The number of hydrogen-bond acceptors (Lipinski definition) is 4. The van der Waals surface area contributed by atoms with Crippen LogP contribution in [-0.4, -0.2) is 29.3 Å². The molecule has 0 bridgehead atoms. The largest absolute Gasteiger partial charge is 0.444 e. The minimum Gasteiger partial charge on any atom is -0.444 e. The Bertz CT molecular complexity index is 477. The van der Waals surface area contributed by atoms with Crippen LogP contribution in [0.4, 0.5) is 4.79 Å². The van der Waals surface area contributed by atoms with E-state index in [1.807, 2.05) is 39.1 Å². The zero-order chi connectivity index (χ0) is 16.7. The van der Waals surface area contributed by atoms with E-state index < -0.39 is 5.60 Å². The molecule has 1 aliphatic carbocycles. The summed E-state index contributed by atoms with van der Waals surface area (Å²) in [6.07, 6.45) is 7.42. The molecule has 0 spiro atoms. The SMILES string of the molecule is CC(C)(C)OC(=O)NC1CCC(COCc2cccnc2)CC1. The zero-order valence-electron chi connectivity index (χ0n) is 14.4. The molecule has 1 saturated carbocycles. The molecule has 2 rings (SSSR count). The fourth-order valence-electron chi connectivity index (χ4n) is 2.77. The summed E-state index contributed by atoms with van der Waals surface area (Å²) in [5.74, 6) is 0.573. The van der Waals surface area contributed by atoms with Crippen LogP contribution in [0, 0.1) is 5.92 Å². The zero-order valence-corrected chi connectivity index (χ0v) is 14.4. The van der Waals surface area contributed by atoms with Gasteiger partial charge in [-0.1, -0.05) is 6.07 Å². The molecule has 0 aliphatic heterocycles. The fraction of sp³-hybridized carbons (Fsp3) is 0.667. The highest BCUT2D eigenvalue weighted by Crippen LogP contribution is 2.25. The van der Waals surface area contributed by atoms with Gasteiger partial charge in [-0.2, -0.15) is 0 Å². The summed E-state index contributed by atoms with van der Waals surface area (Å²) in [4.78, 5) is 15.9. The highest BCUT2D eigenvalue weighted by atomic mass is 16.6. The van der Waals surface area contributed by atoms with Crippen LogP contribution >= 0.6 is 0 Å². The molecule has 1 N–H and O–H groups in total. The lowest BCUT2D eigenvalue weighted by Gasteiger charge is -2.30. The molecule has 1 aliphatic rings. The first kappa shape index (κ1) is 17.7. The van der Waals surface area contributed by atoms with Crippen LogP contribution in [-0.2, 0) is 16.1 Å². The van der Waals surface area contributed by atoms with Crippen molar-refractivity contribution >= 4 is 6.09 Å². The lowest BCUT2D eigenvalue weighted by atomic mass is 9.86. The second kappa shape index (κ2) is 8.29. The normalized spacial score (nSPS) is 21.7. The van der Waals surface area contributed by atoms with E-state index in [1.165, 1.54) is 0 Å². The molecule has 0 atom stereocenters. The van der Waals surface area contributed by atoms with Gasteiger partial charge in [0.25, 0.3) is 0 Å². The van der Waals surface area contributed by atoms with Gasteiger partial charge in [0, 0.05) is 25.0 Å². The summed E-state index contributed by atoms with van der Waals surface area (Å²) in [6, 6.07) is 4.17. The van der Waals surface area contributed by atoms with E-state index in [4.69, 9.17) is 9.47 Å². The van der Waals surface area contributed by atoms with Crippen LogP contribution < -0.4 is 5.32 Å². The maximum absolute atomic E-state index is 11.8. The summed E-state index contributed by atoms with van der Waals surface area (Å²) >= 11 is 0. The maximum atomic E-state index is 11.8. The van der Waals surface area contributed by atoms with Crippen LogP contribution in [0.3, 0.4) is 0 Å². The number of aromatic nitrogens is 1. The third-order valence-electron chi connectivity index (χ3n) is 3.91. The molecule has 128 valence electrons. The minimum absolute atomic E-state index is 0.222. The standard InChI is InChI=1S/C18H28N2O3/c1-18(2,3)23-17(21)20-16-8-6-14(7-9-16)12-22-13-15-5-4-10-19-11-15/h4-5,10-11,14,16H,6-9,12-13H2,1-3H3,(H,20,21). The summed E-state index contributed by atoms with van der Waals surface area (Å²) in [5.41, 5.74) is 0.661. The topological polar surface area (TPSA) is 60.5 Å². The van der Waals surface area contributed by atoms with E-state index in [0.29, 0.717) is 12.5 Å². The first-order valence-corrected chi connectivity index (χ1v) is 8.38. The van der Waals surface area contributed by atoms with Crippen molar-refractivity contribution in [2.24, 2.45) is 5.92 Å². The number of hydrogen-bond donors (Lipinski definition) is 1. The van der Waals surface area contributed by atoms with Gasteiger partial charge in [0.1, 0.15) is 5.60 Å². The molecule has 23 heavy (non-hydrogen) atoms. The van der Waals surface area contributed by atoms with Crippen molar-refractivity contribution in [1.82, 2.24) is 10.3 Å². The Balaban J connectivity index is 1.61. The lowest BCUT2D eigenvalue weighted by Crippen LogP contribution is -2.41. The molecule has 1 heterocycles. The number of rotatable bonds is 5. The summed E-state index contributed by atoms with van der Waals surface area (Å²) in [5, 5.41) is 2.97. The van der Waals surface area contributed by atoms with Crippen LogP contribution in [0.1, 0.15) is 52.0 Å². The second-order valence-corrected chi connectivity index (χ2v) is 7.24. The molecule has 5 nitrogen and oxygen atoms in total. The van der Waals surface area contributed by atoms with Crippen molar-refractivity contribution in [2.75, 3.05) is 6.61 Å². The Morgan fingerprint density at radius 2 is 2.04 bits per heavy atom. The number of nitrogens with zero attached hydrogens (tertiary/aromatic N) is 1. The van der Waals surface area contributed by atoms with Crippen molar-refractivity contribution in [1.29, 1.82) is 0 Å². The van der Waals surface area contributed by atoms with E-state index in [9.17, 15) is 4.79 Å². The Morgan fingerprint density at radius 3 is 2.65 bits per heavy atom. The molecule has 1 fully saturated rings. The smallest absolute Gasteiger partial charge is 0.407 e. The van der Waals surface area contributed by atoms with E-state index in [2.05, 4.69) is 10.3 Å². The summed E-state index contributed by atoms with van der Waals surface area (Å²) in [7, 11) is 0. The van der Waals surface area contributed by atoms with Crippen LogP contribution in [0.15, 0.2) is 24.5 Å². The predicted molar refractivity (Wildman–Crippen MR) is 89.0 cm³/mol. The lowest BCUT2D eigenvalue weighted by molar-refractivity contribution is 0.0453. The van der Waals surface area contributed by atoms with Crippen molar-refractivity contribution in [2.45, 2.75) is 64.7 Å². The van der Waals surface area contributed by atoms with Crippen molar-refractivity contribution < 1.29 is 14.3 Å². The molecule has 0 saturated heterocycles. The van der Waals surface area contributed by atoms with Crippen LogP contribution in [0.25, 0.3) is 0 Å². The third-order valence-corrected chi connectivity index (χ3v) is 3.91. The monoisotopic (exact) mass is 320 g/mol. The number of ether oxygens (including phenoxy) is 2. The quantitative estimate of drug-likeness (QED) is 0.899. The molecule has 0 aromatic carbocycles. The van der Waals surface area contributed by atoms with Crippen molar-refractivity contribution in [3.63, 3.8) is 0 Å². The molecular formula is C18H28N2O3. The Hall–Kier alpha value is -1.62. The Morgan fingerprint density at radius 1 is 1.30 bits per heavy atom. The average Bonchev–Trinajstić information content (AvgIpc) is 2.48. The van der Waals surface area contributed by atoms with E-state index >= 15 is 0 Å². The molecular weight excluding hydrogens is 292 g/mol. The summed E-state index contributed by atoms with van der Waals surface area (Å²) in [6.45, 7) is 7.02. The highest BCUT2D eigenvalue weighted by Gasteiger charge is 2.24. The third kappa shape index (κ3) is 6.99.